The van der Waals surface area contributed by atoms with Crippen LogP contribution in [0.3, 0.4) is 0 Å². The SMILES string of the molecule is O=C([O-])C(=O)[O-].[H+].[Nb]. The molecule has 0 rings (SSSR count). The maximum absolute atomic E-state index is 8.93. The first-order valence-corrected chi connectivity index (χ1v) is 1.07. The molecular weight excluding hydrogens is 181 g/mol. The van der Waals surface area contributed by atoms with Crippen molar-refractivity contribution in [3.8, 4) is 0 Å². The number of carboxylic acid groups (broad SMARTS) is 2. The van der Waals surface area contributed by atoms with Crippen molar-refractivity contribution in [2.24, 2.45) is 0 Å². The van der Waals surface area contributed by atoms with Crippen molar-refractivity contribution in [3.05, 3.63) is 0 Å². The second-order valence-electron chi connectivity index (χ2n) is 0.575. The monoisotopic (exact) mass is 182 g/mol. The van der Waals surface area contributed by atoms with Gasteiger partial charge in [-0.1, -0.05) is 0 Å². The molecule has 0 aliphatic rings. The Morgan fingerprint density at radius 2 is 1.29 bits per heavy atom. The molecule has 0 atom stereocenters. The molecule has 0 bridgehead atoms. The molecule has 0 unspecified atom stereocenters. The smallest absolute Gasteiger partial charge is 0.543 e. The van der Waals surface area contributed by atoms with Gasteiger partial charge in [0.2, 0.25) is 0 Å². The Hall–Kier alpha value is -0.320. The van der Waals surface area contributed by atoms with Crippen LogP contribution in [-0.2, 0) is 32.0 Å². The van der Waals surface area contributed by atoms with E-state index in [4.69, 9.17) is 19.8 Å². The maximum Gasteiger partial charge on any atom is 1.00 e. The van der Waals surface area contributed by atoms with Gasteiger partial charge in [0.25, 0.3) is 0 Å². The summed E-state index contributed by atoms with van der Waals surface area (Å²) in [5.41, 5.74) is 0. The van der Waals surface area contributed by atoms with Crippen molar-refractivity contribution >= 4 is 11.9 Å². The van der Waals surface area contributed by atoms with Gasteiger partial charge in [0.15, 0.2) is 0 Å². The standard InChI is InChI=1S/C2H2O4.Nb/c3-1(4)2(5)6;/h(H,3,4)(H,5,6);/p-1. The van der Waals surface area contributed by atoms with E-state index in [9.17, 15) is 0 Å². The minimum atomic E-state index is -2.19. The molecular formula is C2HNbO4-. The third-order valence-electron chi connectivity index (χ3n) is 0.167. The predicted molar refractivity (Wildman–Crippen MR) is 11.1 cm³/mol. The fraction of sp³-hybridized carbons (Fsp3) is 0. The Labute approximate surface area is 56.1 Å². The first-order valence-electron chi connectivity index (χ1n) is 1.07. The predicted octanol–water partition coefficient (Wildman–Crippen LogP) is -3.40. The molecule has 7 heavy (non-hydrogen) atoms. The summed E-state index contributed by atoms with van der Waals surface area (Å²) in [7, 11) is 0. The zero-order chi connectivity index (χ0) is 5.15. The normalized spacial score (nSPS) is 6.29. The van der Waals surface area contributed by atoms with Crippen LogP contribution in [0.2, 0.25) is 0 Å². The van der Waals surface area contributed by atoms with Gasteiger partial charge >= 0.3 is 1.43 Å². The molecule has 4 nitrogen and oxygen atoms in total. The van der Waals surface area contributed by atoms with Crippen LogP contribution in [-0.4, -0.2) is 11.9 Å². The van der Waals surface area contributed by atoms with Crippen LogP contribution < -0.4 is 10.2 Å². The van der Waals surface area contributed by atoms with E-state index in [2.05, 4.69) is 0 Å². The third-order valence-corrected chi connectivity index (χ3v) is 0.167. The molecule has 39 valence electrons. The zero-order valence-corrected chi connectivity index (χ0v) is 5.28. The number of hydrogen-bond donors (Lipinski definition) is 0. The minimum Gasteiger partial charge on any atom is -0.543 e. The van der Waals surface area contributed by atoms with Crippen molar-refractivity contribution in [1.29, 1.82) is 0 Å². The summed E-state index contributed by atoms with van der Waals surface area (Å²) in [6.07, 6.45) is 0. The van der Waals surface area contributed by atoms with Crippen LogP contribution in [0.5, 0.6) is 0 Å². The Morgan fingerprint density at radius 3 is 1.29 bits per heavy atom. The van der Waals surface area contributed by atoms with Crippen LogP contribution in [0.4, 0.5) is 0 Å². The Morgan fingerprint density at radius 1 is 1.14 bits per heavy atom. The molecule has 0 heterocycles. The number of rotatable bonds is 0. The second kappa shape index (κ2) is 3.86. The summed E-state index contributed by atoms with van der Waals surface area (Å²) in [6.45, 7) is 0. The molecule has 0 N–H and O–H groups in total. The van der Waals surface area contributed by atoms with Crippen molar-refractivity contribution < 1.29 is 43.6 Å². The van der Waals surface area contributed by atoms with E-state index < -0.39 is 11.9 Å². The molecule has 0 amide bonds. The molecule has 0 aromatic rings. The van der Waals surface area contributed by atoms with E-state index >= 15 is 0 Å². The second-order valence-corrected chi connectivity index (χ2v) is 0.575. The molecule has 0 spiro atoms. The molecule has 5 heteroatoms. The van der Waals surface area contributed by atoms with E-state index in [-0.39, 0.29) is 23.8 Å². The molecule has 0 fully saturated rings. The van der Waals surface area contributed by atoms with E-state index in [1.807, 2.05) is 0 Å². The van der Waals surface area contributed by atoms with Crippen molar-refractivity contribution in [2.75, 3.05) is 0 Å². The van der Waals surface area contributed by atoms with E-state index in [0.717, 1.165) is 0 Å². The van der Waals surface area contributed by atoms with Crippen LogP contribution in [0.25, 0.3) is 0 Å². The van der Waals surface area contributed by atoms with Gasteiger partial charge in [-0.05, 0) is 0 Å². The summed E-state index contributed by atoms with van der Waals surface area (Å²) in [6, 6.07) is 0. The van der Waals surface area contributed by atoms with Gasteiger partial charge in [0, 0.05) is 22.4 Å². The average molecular weight is 182 g/mol. The summed E-state index contributed by atoms with van der Waals surface area (Å²) >= 11 is 0. The number of aliphatic carboxylic acids is 2. The van der Waals surface area contributed by atoms with Crippen LogP contribution >= 0.6 is 0 Å². The van der Waals surface area contributed by atoms with Gasteiger partial charge in [-0.2, -0.15) is 0 Å². The summed E-state index contributed by atoms with van der Waals surface area (Å²) in [4.78, 5) is 17.9. The molecule has 1 radical (unpaired) electrons. The third kappa shape index (κ3) is 5.68. The largest absolute Gasteiger partial charge is 1.00 e. The summed E-state index contributed by atoms with van der Waals surface area (Å²) < 4.78 is 0. The number of carbonyl (C=O) groups excluding carboxylic acids is 2. The van der Waals surface area contributed by atoms with Crippen LogP contribution in [0.15, 0.2) is 0 Å². The van der Waals surface area contributed by atoms with Gasteiger partial charge in [-0.3, -0.25) is 0 Å². The Bertz CT molecular complexity index is 80.0. The van der Waals surface area contributed by atoms with Gasteiger partial charge in [-0.25, -0.2) is 0 Å². The van der Waals surface area contributed by atoms with E-state index in [1.54, 1.807) is 0 Å². The zero-order valence-electron chi connectivity index (χ0n) is 4.08. The molecule has 0 aliphatic heterocycles. The fourth-order valence-corrected chi connectivity index (χ4v) is 0. The molecule has 0 aromatic heterocycles. The maximum atomic E-state index is 8.93. The molecule has 0 saturated carbocycles. The van der Waals surface area contributed by atoms with Crippen molar-refractivity contribution in [1.82, 2.24) is 0 Å². The molecule has 0 aromatic carbocycles. The van der Waals surface area contributed by atoms with Gasteiger partial charge < -0.3 is 19.8 Å². The average Bonchev–Trinajstić information content (AvgIpc) is 1.36. The van der Waals surface area contributed by atoms with Crippen LogP contribution in [0.1, 0.15) is 1.43 Å². The first-order chi connectivity index (χ1) is 2.64. The van der Waals surface area contributed by atoms with Gasteiger partial charge in [0.1, 0.15) is 0 Å². The minimum absolute atomic E-state index is 0. The Kier molecular flexibility index (Phi) is 5.42. The number of carbonyl (C=O) groups is 2. The fourth-order valence-electron chi connectivity index (χ4n) is 0. The van der Waals surface area contributed by atoms with E-state index in [0.29, 0.717) is 0 Å². The van der Waals surface area contributed by atoms with Crippen LogP contribution in [0, 0.1) is 0 Å². The van der Waals surface area contributed by atoms with Gasteiger partial charge in [-0.15, -0.1) is 0 Å². The molecule has 0 aliphatic carbocycles. The number of carboxylic acids is 2. The summed E-state index contributed by atoms with van der Waals surface area (Å²) in [5.74, 6) is -4.37. The van der Waals surface area contributed by atoms with Crippen molar-refractivity contribution in [2.45, 2.75) is 0 Å². The summed E-state index contributed by atoms with van der Waals surface area (Å²) in [5, 5.41) is 17.9. The topological polar surface area (TPSA) is 80.3 Å². The first kappa shape index (κ1) is 9.84. The van der Waals surface area contributed by atoms with Gasteiger partial charge in [0.05, 0.1) is 11.9 Å². The Balaban J connectivity index is -0.000000125. The molecule has 0 saturated heterocycles. The quantitative estimate of drug-likeness (QED) is 0.288. The van der Waals surface area contributed by atoms with Crippen molar-refractivity contribution in [3.63, 3.8) is 0 Å². The van der Waals surface area contributed by atoms with E-state index in [1.165, 1.54) is 0 Å². The number of hydrogen-bond acceptors (Lipinski definition) is 4.